The number of benzene rings is 4. The highest BCUT2D eigenvalue weighted by molar-refractivity contribution is 7.97. The van der Waals surface area contributed by atoms with Gasteiger partial charge in [-0.05, 0) is 48.5 Å². The minimum absolute atomic E-state index is 0.0146. The fraction of sp³-hybridized carbons (Fsp3) is 0.0400. The summed E-state index contributed by atoms with van der Waals surface area (Å²) in [6.45, 7) is 0. The van der Waals surface area contributed by atoms with Crippen LogP contribution in [0.25, 0.3) is 0 Å². The van der Waals surface area contributed by atoms with Gasteiger partial charge in [0.2, 0.25) is 0 Å². The van der Waals surface area contributed by atoms with Crippen molar-refractivity contribution in [3.8, 4) is 0 Å². The molecule has 0 atom stereocenters. The Labute approximate surface area is 193 Å². The van der Waals surface area contributed by atoms with Gasteiger partial charge in [0.1, 0.15) is 4.90 Å². The molecule has 0 fully saturated rings. The summed E-state index contributed by atoms with van der Waals surface area (Å²) in [5.74, 6) is 0. The van der Waals surface area contributed by atoms with Crippen LogP contribution >= 0.6 is 0 Å². The van der Waals surface area contributed by atoms with E-state index in [4.69, 9.17) is 4.55 Å². The van der Waals surface area contributed by atoms with E-state index in [9.17, 15) is 21.6 Å². The highest BCUT2D eigenvalue weighted by atomic mass is 32.2. The maximum atomic E-state index is 12.2. The van der Waals surface area contributed by atoms with E-state index in [2.05, 4.69) is 91.0 Å². The molecule has 0 spiro atoms. The second kappa shape index (κ2) is 10.7. The number of rotatable bonds is 4. The second-order valence-corrected chi connectivity index (χ2v) is 10.1. The Bertz CT molecular complexity index is 1170. The Morgan fingerprint density at radius 1 is 0.576 bits per heavy atom. The minimum Gasteiger partial charge on any atom is -0.282 e. The van der Waals surface area contributed by atoms with Gasteiger partial charge in [-0.1, -0.05) is 66.7 Å². The lowest BCUT2D eigenvalue weighted by molar-refractivity contribution is -0.140. The van der Waals surface area contributed by atoms with E-state index < -0.39 is 26.8 Å². The molecule has 4 rings (SSSR count). The van der Waals surface area contributed by atoms with E-state index >= 15 is 0 Å². The van der Waals surface area contributed by atoms with Crippen LogP contribution in [0, 0.1) is 0 Å². The largest absolute Gasteiger partial charge is 0.417 e. The number of hydrogen-bond donors (Lipinski definition) is 1. The molecule has 0 bridgehead atoms. The molecular weight excluding hydrogens is 469 g/mol. The van der Waals surface area contributed by atoms with Crippen molar-refractivity contribution in [3.05, 3.63) is 121 Å². The van der Waals surface area contributed by atoms with E-state index in [1.54, 1.807) is 0 Å². The molecule has 33 heavy (non-hydrogen) atoms. The van der Waals surface area contributed by atoms with E-state index in [0.717, 1.165) is 12.1 Å². The Kier molecular flexibility index (Phi) is 7.97. The fourth-order valence-corrected chi connectivity index (χ4v) is 5.82. The molecule has 0 aliphatic carbocycles. The van der Waals surface area contributed by atoms with Crippen LogP contribution in [0.3, 0.4) is 0 Å². The highest BCUT2D eigenvalue weighted by Crippen LogP contribution is 2.33. The zero-order valence-electron chi connectivity index (χ0n) is 17.2. The lowest BCUT2D eigenvalue weighted by Gasteiger charge is -2.09. The molecular formula is C25H20F3O3S2+. The van der Waals surface area contributed by atoms with E-state index in [1.807, 2.05) is 0 Å². The lowest BCUT2D eigenvalue weighted by Crippen LogP contribution is -2.12. The van der Waals surface area contributed by atoms with Crippen LogP contribution in [0.2, 0.25) is 0 Å². The third-order valence-corrected chi connectivity index (χ3v) is 7.55. The lowest BCUT2D eigenvalue weighted by atomic mass is 10.2. The predicted molar refractivity (Wildman–Crippen MR) is 123 cm³/mol. The Morgan fingerprint density at radius 3 is 1.21 bits per heavy atom. The van der Waals surface area contributed by atoms with Gasteiger partial charge in [0.15, 0.2) is 14.7 Å². The monoisotopic (exact) mass is 489 g/mol. The predicted octanol–water partition coefficient (Wildman–Crippen LogP) is 6.73. The van der Waals surface area contributed by atoms with Crippen LogP contribution < -0.4 is 0 Å². The average molecular weight is 490 g/mol. The Morgan fingerprint density at radius 2 is 0.909 bits per heavy atom. The molecule has 0 saturated heterocycles. The standard InChI is InChI=1S/C18H15S.C7H5F3O3S/c1-4-10-16(11-5-1)19(17-12-6-2-7-13-17)18-14-8-3-9-15-18;8-7(9,10)5-3-1-2-4-6(5)14(11,12)13/h1-15H;1-4H,(H,11,12,13)/q+1;. The summed E-state index contributed by atoms with van der Waals surface area (Å²) >= 11 is 0. The summed E-state index contributed by atoms with van der Waals surface area (Å²) in [4.78, 5) is 2.95. The first-order valence-electron chi connectivity index (χ1n) is 9.71. The maximum Gasteiger partial charge on any atom is 0.417 e. The summed E-state index contributed by atoms with van der Waals surface area (Å²) in [5, 5.41) is 0. The molecule has 170 valence electrons. The van der Waals surface area contributed by atoms with Crippen molar-refractivity contribution in [1.29, 1.82) is 0 Å². The van der Waals surface area contributed by atoms with E-state index in [1.165, 1.54) is 14.7 Å². The van der Waals surface area contributed by atoms with Crippen molar-refractivity contribution in [3.63, 3.8) is 0 Å². The summed E-state index contributed by atoms with van der Waals surface area (Å²) in [6.07, 6.45) is -4.80. The van der Waals surface area contributed by atoms with Gasteiger partial charge in [0.05, 0.1) is 16.5 Å². The first-order valence-corrected chi connectivity index (χ1v) is 12.4. The van der Waals surface area contributed by atoms with Gasteiger partial charge in [-0.15, -0.1) is 0 Å². The topological polar surface area (TPSA) is 54.4 Å². The van der Waals surface area contributed by atoms with Gasteiger partial charge in [0, 0.05) is 0 Å². The van der Waals surface area contributed by atoms with Crippen LogP contribution in [-0.2, 0) is 27.2 Å². The van der Waals surface area contributed by atoms with Gasteiger partial charge in [-0.25, -0.2) is 0 Å². The molecule has 3 nitrogen and oxygen atoms in total. The normalized spacial score (nSPS) is 11.5. The van der Waals surface area contributed by atoms with Crippen LogP contribution in [-0.4, -0.2) is 13.0 Å². The molecule has 0 radical (unpaired) electrons. The van der Waals surface area contributed by atoms with Crippen molar-refractivity contribution < 1.29 is 26.1 Å². The zero-order chi connectivity index (χ0) is 23.9. The second-order valence-electron chi connectivity index (χ2n) is 6.71. The van der Waals surface area contributed by atoms with Gasteiger partial charge < -0.3 is 0 Å². The zero-order valence-corrected chi connectivity index (χ0v) is 18.8. The van der Waals surface area contributed by atoms with Crippen molar-refractivity contribution in [2.45, 2.75) is 25.8 Å². The van der Waals surface area contributed by atoms with Crippen molar-refractivity contribution in [2.24, 2.45) is 0 Å². The van der Waals surface area contributed by atoms with Crippen molar-refractivity contribution in [1.82, 2.24) is 0 Å². The van der Waals surface area contributed by atoms with Crippen LogP contribution in [0.5, 0.6) is 0 Å². The average Bonchev–Trinajstić information content (AvgIpc) is 2.81. The third kappa shape index (κ3) is 6.71. The van der Waals surface area contributed by atoms with E-state index in [-0.39, 0.29) is 10.9 Å². The molecule has 0 amide bonds. The van der Waals surface area contributed by atoms with Gasteiger partial charge in [-0.2, -0.15) is 21.6 Å². The minimum atomic E-state index is -4.84. The SMILES string of the molecule is O=S(=O)(O)c1ccccc1C(F)(F)F.c1ccc([S+](c2ccccc2)c2ccccc2)cc1. The summed E-state index contributed by atoms with van der Waals surface area (Å²) in [6, 6.07) is 35.6. The van der Waals surface area contributed by atoms with Gasteiger partial charge in [0.25, 0.3) is 10.1 Å². The molecule has 0 heterocycles. The van der Waals surface area contributed by atoms with Gasteiger partial charge in [-0.3, -0.25) is 4.55 Å². The molecule has 0 unspecified atom stereocenters. The van der Waals surface area contributed by atoms with Crippen LogP contribution in [0.15, 0.2) is 135 Å². The highest BCUT2D eigenvalue weighted by Gasteiger charge is 2.36. The molecule has 1 N–H and O–H groups in total. The first kappa shape index (κ1) is 24.6. The number of alkyl halides is 3. The van der Waals surface area contributed by atoms with Crippen molar-refractivity contribution >= 4 is 21.0 Å². The van der Waals surface area contributed by atoms with Gasteiger partial charge >= 0.3 is 6.18 Å². The molecule has 4 aromatic rings. The van der Waals surface area contributed by atoms with Crippen LogP contribution in [0.1, 0.15) is 5.56 Å². The molecule has 4 aromatic carbocycles. The summed E-state index contributed by atoms with van der Waals surface area (Å²) < 4.78 is 66.2. The summed E-state index contributed by atoms with van der Waals surface area (Å²) in [7, 11) is -4.85. The van der Waals surface area contributed by atoms with Crippen molar-refractivity contribution in [2.75, 3.05) is 0 Å². The Balaban J connectivity index is 0.000000196. The molecule has 0 aliphatic heterocycles. The third-order valence-electron chi connectivity index (χ3n) is 4.41. The summed E-state index contributed by atoms with van der Waals surface area (Å²) in [5.41, 5.74) is -1.37. The fourth-order valence-electron chi connectivity index (χ4n) is 3.00. The molecule has 8 heteroatoms. The first-order chi connectivity index (χ1) is 15.7. The number of halogens is 3. The molecule has 0 aromatic heterocycles. The van der Waals surface area contributed by atoms with Crippen LogP contribution in [0.4, 0.5) is 13.2 Å². The Hall–Kier alpha value is -3.07. The smallest absolute Gasteiger partial charge is 0.282 e. The molecule has 0 aliphatic rings. The molecule has 0 saturated carbocycles. The quantitative estimate of drug-likeness (QED) is 0.255. The van der Waals surface area contributed by atoms with E-state index in [0.29, 0.717) is 12.1 Å². The maximum absolute atomic E-state index is 12.2. The number of hydrogen-bond acceptors (Lipinski definition) is 2.